The van der Waals surface area contributed by atoms with Crippen LogP contribution in [0.4, 0.5) is 5.82 Å². The Labute approximate surface area is 117 Å². The fourth-order valence-corrected chi connectivity index (χ4v) is 2.26. The topological polar surface area (TPSA) is 50.7 Å². The van der Waals surface area contributed by atoms with Gasteiger partial charge >= 0.3 is 0 Å². The van der Waals surface area contributed by atoms with Crippen LogP contribution in [0.1, 0.15) is 24.1 Å². The molecule has 1 atom stereocenters. The summed E-state index contributed by atoms with van der Waals surface area (Å²) in [6.45, 7) is 4.18. The summed E-state index contributed by atoms with van der Waals surface area (Å²) < 4.78 is 0. The van der Waals surface area contributed by atoms with Gasteiger partial charge in [0.1, 0.15) is 5.82 Å². The van der Waals surface area contributed by atoms with Gasteiger partial charge in [-0.1, -0.05) is 12.1 Å². The number of fused-ring (bicyclic) bond motifs is 1. The van der Waals surface area contributed by atoms with Crippen LogP contribution in [0.3, 0.4) is 0 Å². The van der Waals surface area contributed by atoms with Crippen molar-refractivity contribution >= 4 is 16.9 Å². The highest BCUT2D eigenvalue weighted by atomic mass is 15.0. The van der Waals surface area contributed by atoms with E-state index in [1.807, 2.05) is 36.5 Å². The Bertz CT molecular complexity index is 739. The fourth-order valence-electron chi connectivity index (χ4n) is 2.26. The molecule has 2 aromatic heterocycles. The Kier molecular flexibility index (Phi) is 3.29. The second-order valence-corrected chi connectivity index (χ2v) is 4.84. The van der Waals surface area contributed by atoms with Crippen LogP contribution in [0, 0.1) is 6.92 Å². The molecule has 0 aliphatic rings. The maximum absolute atomic E-state index is 4.58. The average Bonchev–Trinajstić information content (AvgIpc) is 2.47. The van der Waals surface area contributed by atoms with E-state index in [0.717, 1.165) is 16.9 Å². The third kappa shape index (κ3) is 2.45. The van der Waals surface area contributed by atoms with Gasteiger partial charge in [-0.05, 0) is 43.2 Å². The van der Waals surface area contributed by atoms with E-state index in [2.05, 4.69) is 34.1 Å². The summed E-state index contributed by atoms with van der Waals surface area (Å²) in [6.07, 6.45) is 5.47. The number of pyridine rings is 1. The first-order valence-corrected chi connectivity index (χ1v) is 6.63. The van der Waals surface area contributed by atoms with Crippen molar-refractivity contribution in [1.82, 2.24) is 15.0 Å². The van der Waals surface area contributed by atoms with Gasteiger partial charge in [0.15, 0.2) is 0 Å². The summed E-state index contributed by atoms with van der Waals surface area (Å²) >= 11 is 0. The van der Waals surface area contributed by atoms with Crippen molar-refractivity contribution in [2.24, 2.45) is 0 Å². The number of para-hydroxylation sites is 2. The van der Waals surface area contributed by atoms with Crippen LogP contribution in [0.2, 0.25) is 0 Å². The fraction of sp³-hybridized carbons (Fsp3) is 0.188. The van der Waals surface area contributed by atoms with Crippen molar-refractivity contribution < 1.29 is 0 Å². The van der Waals surface area contributed by atoms with E-state index in [1.165, 1.54) is 11.1 Å². The van der Waals surface area contributed by atoms with Crippen LogP contribution in [-0.2, 0) is 0 Å². The van der Waals surface area contributed by atoms with Crippen molar-refractivity contribution in [1.29, 1.82) is 0 Å². The van der Waals surface area contributed by atoms with E-state index >= 15 is 0 Å². The summed E-state index contributed by atoms with van der Waals surface area (Å²) in [5.41, 5.74) is 4.19. The lowest BCUT2D eigenvalue weighted by Crippen LogP contribution is -2.10. The molecule has 100 valence electrons. The number of nitrogens with zero attached hydrogens (tertiary/aromatic N) is 3. The zero-order valence-corrected chi connectivity index (χ0v) is 11.5. The largest absolute Gasteiger partial charge is 0.362 e. The van der Waals surface area contributed by atoms with E-state index in [-0.39, 0.29) is 6.04 Å². The first-order valence-electron chi connectivity index (χ1n) is 6.63. The molecule has 2 heterocycles. The summed E-state index contributed by atoms with van der Waals surface area (Å²) in [4.78, 5) is 13.2. The molecular weight excluding hydrogens is 248 g/mol. The molecule has 0 fully saturated rings. The molecule has 0 amide bonds. The first kappa shape index (κ1) is 12.5. The third-order valence-corrected chi connectivity index (χ3v) is 3.36. The standard InChI is InChI=1S/C16H16N4/c1-11-7-8-17-9-13(11)12(2)19-16-10-18-14-5-3-4-6-15(14)20-16/h3-10,12H,1-2H3,(H,19,20). The van der Waals surface area contributed by atoms with E-state index in [4.69, 9.17) is 0 Å². The minimum Gasteiger partial charge on any atom is -0.362 e. The number of nitrogens with one attached hydrogen (secondary N) is 1. The van der Waals surface area contributed by atoms with E-state index in [9.17, 15) is 0 Å². The lowest BCUT2D eigenvalue weighted by molar-refractivity contribution is 0.855. The number of anilines is 1. The van der Waals surface area contributed by atoms with Gasteiger partial charge < -0.3 is 5.32 Å². The Balaban J connectivity index is 1.87. The zero-order valence-electron chi connectivity index (χ0n) is 11.5. The van der Waals surface area contributed by atoms with Crippen molar-refractivity contribution in [3.63, 3.8) is 0 Å². The Morgan fingerprint density at radius 1 is 1.05 bits per heavy atom. The van der Waals surface area contributed by atoms with E-state index in [0.29, 0.717) is 0 Å². The summed E-state index contributed by atoms with van der Waals surface area (Å²) in [7, 11) is 0. The average molecular weight is 264 g/mol. The highest BCUT2D eigenvalue weighted by Gasteiger charge is 2.09. The Morgan fingerprint density at radius 3 is 2.65 bits per heavy atom. The van der Waals surface area contributed by atoms with Crippen LogP contribution in [0.15, 0.2) is 48.9 Å². The molecule has 0 spiro atoms. The molecule has 3 rings (SSSR count). The van der Waals surface area contributed by atoms with Crippen LogP contribution in [0.25, 0.3) is 11.0 Å². The van der Waals surface area contributed by atoms with E-state index < -0.39 is 0 Å². The second-order valence-electron chi connectivity index (χ2n) is 4.84. The molecule has 1 aromatic carbocycles. The van der Waals surface area contributed by atoms with Gasteiger partial charge in [-0.3, -0.25) is 9.97 Å². The van der Waals surface area contributed by atoms with Gasteiger partial charge in [-0.15, -0.1) is 0 Å². The number of hydrogen-bond acceptors (Lipinski definition) is 4. The molecule has 1 unspecified atom stereocenters. The van der Waals surface area contributed by atoms with Gasteiger partial charge in [0.05, 0.1) is 23.3 Å². The molecule has 0 aliphatic carbocycles. The van der Waals surface area contributed by atoms with Gasteiger partial charge in [0, 0.05) is 12.4 Å². The molecule has 0 saturated carbocycles. The first-order chi connectivity index (χ1) is 9.74. The minimum absolute atomic E-state index is 0.138. The molecule has 0 saturated heterocycles. The maximum Gasteiger partial charge on any atom is 0.145 e. The SMILES string of the molecule is Cc1ccncc1C(C)Nc1cnc2ccccc2n1. The third-order valence-electron chi connectivity index (χ3n) is 3.36. The molecule has 1 N–H and O–H groups in total. The van der Waals surface area contributed by atoms with Crippen molar-refractivity contribution in [2.75, 3.05) is 5.32 Å². The lowest BCUT2D eigenvalue weighted by atomic mass is 10.1. The lowest BCUT2D eigenvalue weighted by Gasteiger charge is -2.16. The summed E-state index contributed by atoms with van der Waals surface area (Å²) in [5, 5.41) is 3.38. The summed E-state index contributed by atoms with van der Waals surface area (Å²) in [5.74, 6) is 0.777. The minimum atomic E-state index is 0.138. The smallest absolute Gasteiger partial charge is 0.145 e. The second kappa shape index (κ2) is 5.25. The molecule has 20 heavy (non-hydrogen) atoms. The number of hydrogen-bond donors (Lipinski definition) is 1. The highest BCUT2D eigenvalue weighted by molar-refractivity contribution is 5.75. The quantitative estimate of drug-likeness (QED) is 0.786. The maximum atomic E-state index is 4.58. The van der Waals surface area contributed by atoms with Crippen molar-refractivity contribution in [3.05, 3.63) is 60.0 Å². The van der Waals surface area contributed by atoms with Gasteiger partial charge in [0.25, 0.3) is 0 Å². The van der Waals surface area contributed by atoms with Crippen LogP contribution in [-0.4, -0.2) is 15.0 Å². The van der Waals surface area contributed by atoms with Gasteiger partial charge in [0.2, 0.25) is 0 Å². The van der Waals surface area contributed by atoms with Crippen molar-refractivity contribution in [3.8, 4) is 0 Å². The van der Waals surface area contributed by atoms with Gasteiger partial charge in [-0.2, -0.15) is 0 Å². The van der Waals surface area contributed by atoms with E-state index in [1.54, 1.807) is 12.4 Å². The number of aryl methyl sites for hydroxylation is 1. The van der Waals surface area contributed by atoms with Gasteiger partial charge in [-0.25, -0.2) is 4.98 Å². The monoisotopic (exact) mass is 264 g/mol. The van der Waals surface area contributed by atoms with Crippen molar-refractivity contribution in [2.45, 2.75) is 19.9 Å². The van der Waals surface area contributed by atoms with Crippen LogP contribution < -0.4 is 5.32 Å². The predicted molar refractivity (Wildman–Crippen MR) is 80.5 cm³/mol. The number of rotatable bonds is 3. The predicted octanol–water partition coefficient (Wildman–Crippen LogP) is 3.51. The molecule has 0 bridgehead atoms. The number of benzene rings is 1. The number of aromatic nitrogens is 3. The molecule has 3 aromatic rings. The molecular formula is C16H16N4. The molecule has 0 aliphatic heterocycles. The zero-order chi connectivity index (χ0) is 13.9. The Hall–Kier alpha value is -2.49. The summed E-state index contributed by atoms with van der Waals surface area (Å²) in [6, 6.07) is 10.0. The van der Waals surface area contributed by atoms with Crippen LogP contribution in [0.5, 0.6) is 0 Å². The highest BCUT2D eigenvalue weighted by Crippen LogP contribution is 2.20. The molecule has 4 heteroatoms. The molecule has 4 nitrogen and oxygen atoms in total. The normalized spacial score (nSPS) is 12.3. The van der Waals surface area contributed by atoms with Crippen LogP contribution >= 0.6 is 0 Å². The Morgan fingerprint density at radius 2 is 1.85 bits per heavy atom. The molecule has 0 radical (unpaired) electrons.